The molecule has 1 amide bonds. The molecule has 1 heterocycles. The molecule has 0 spiro atoms. The lowest BCUT2D eigenvalue weighted by Crippen LogP contribution is -2.16. The second kappa shape index (κ2) is 7.64. The number of amides is 1. The van der Waals surface area contributed by atoms with Crippen molar-refractivity contribution in [3.05, 3.63) is 50.8 Å². The summed E-state index contributed by atoms with van der Waals surface area (Å²) < 4.78 is 10.4. The molecule has 0 aliphatic carbocycles. The van der Waals surface area contributed by atoms with Crippen molar-refractivity contribution in [1.82, 2.24) is 9.78 Å². The van der Waals surface area contributed by atoms with Gasteiger partial charge in [0.15, 0.2) is 0 Å². The van der Waals surface area contributed by atoms with Crippen molar-refractivity contribution in [3.8, 4) is 0 Å². The number of nitrogens with one attached hydrogen (secondary N) is 1. The molecule has 0 aliphatic heterocycles. The van der Waals surface area contributed by atoms with E-state index in [4.69, 9.17) is 0 Å². The van der Waals surface area contributed by atoms with Gasteiger partial charge in [0, 0.05) is 12.7 Å². The fourth-order valence-corrected chi connectivity index (χ4v) is 2.33. The van der Waals surface area contributed by atoms with Crippen LogP contribution >= 0.6 is 0 Å². The monoisotopic (exact) mass is 376 g/mol. The van der Waals surface area contributed by atoms with Crippen LogP contribution in [-0.4, -0.2) is 46.8 Å². The van der Waals surface area contributed by atoms with E-state index in [1.807, 2.05) is 0 Å². The lowest BCUT2D eigenvalue weighted by Gasteiger charge is -2.08. The van der Waals surface area contributed by atoms with Crippen LogP contribution in [0.1, 0.15) is 36.9 Å². The molecule has 0 aliphatic rings. The van der Waals surface area contributed by atoms with Crippen molar-refractivity contribution in [2.45, 2.75) is 6.92 Å². The predicted molar refractivity (Wildman–Crippen MR) is 91.7 cm³/mol. The number of carbonyl (C=O) groups is 3. The number of nitro groups is 1. The molecule has 1 N–H and O–H groups in total. The molecule has 2 rings (SSSR count). The van der Waals surface area contributed by atoms with Gasteiger partial charge in [-0.15, -0.1) is 0 Å². The Kier molecular flexibility index (Phi) is 5.54. The molecule has 142 valence electrons. The molecular formula is C16H16N4O7. The number of carbonyl (C=O) groups excluding carboxylic acids is 3. The molecule has 0 fully saturated rings. The van der Waals surface area contributed by atoms with Crippen LogP contribution in [0.4, 0.5) is 11.4 Å². The van der Waals surface area contributed by atoms with Crippen LogP contribution in [0.5, 0.6) is 0 Å². The zero-order chi connectivity index (χ0) is 20.3. The minimum absolute atomic E-state index is 0.0117. The van der Waals surface area contributed by atoms with Crippen LogP contribution in [0.3, 0.4) is 0 Å². The van der Waals surface area contributed by atoms with Gasteiger partial charge in [0.1, 0.15) is 5.69 Å². The Labute approximate surface area is 153 Å². The highest BCUT2D eigenvalue weighted by molar-refractivity contribution is 6.07. The topological polar surface area (TPSA) is 143 Å². The van der Waals surface area contributed by atoms with Crippen molar-refractivity contribution in [2.24, 2.45) is 7.05 Å². The van der Waals surface area contributed by atoms with E-state index in [9.17, 15) is 24.5 Å². The number of nitrogens with zero attached hydrogens (tertiary/aromatic N) is 3. The lowest BCUT2D eigenvalue weighted by molar-refractivity contribution is -0.385. The number of ether oxygens (including phenoxy) is 2. The number of hydrogen-bond donors (Lipinski definition) is 1. The van der Waals surface area contributed by atoms with Gasteiger partial charge < -0.3 is 14.8 Å². The molecule has 1 aromatic carbocycles. The molecule has 2 aromatic rings. The highest BCUT2D eigenvalue weighted by atomic mass is 16.6. The zero-order valence-corrected chi connectivity index (χ0v) is 14.9. The SMILES string of the molecule is COC(=O)c1cc(NC(=O)c2nn(C)c(C)c2[N+](=O)[O-])cc(C(=O)OC)c1. The van der Waals surface area contributed by atoms with E-state index >= 15 is 0 Å². The van der Waals surface area contributed by atoms with Crippen molar-refractivity contribution < 1.29 is 28.8 Å². The van der Waals surface area contributed by atoms with Crippen molar-refractivity contribution in [2.75, 3.05) is 19.5 Å². The minimum atomic E-state index is -0.872. The maximum atomic E-state index is 12.5. The molecule has 0 radical (unpaired) electrons. The van der Waals surface area contributed by atoms with Crippen molar-refractivity contribution in [3.63, 3.8) is 0 Å². The summed E-state index contributed by atoms with van der Waals surface area (Å²) in [5.74, 6) is -2.35. The van der Waals surface area contributed by atoms with Crippen LogP contribution in [-0.2, 0) is 16.5 Å². The van der Waals surface area contributed by atoms with Crippen molar-refractivity contribution in [1.29, 1.82) is 0 Å². The maximum Gasteiger partial charge on any atom is 0.337 e. The zero-order valence-electron chi connectivity index (χ0n) is 14.9. The molecule has 11 nitrogen and oxygen atoms in total. The van der Waals surface area contributed by atoms with Gasteiger partial charge in [0.25, 0.3) is 5.91 Å². The summed E-state index contributed by atoms with van der Waals surface area (Å²) in [4.78, 5) is 46.6. The fraction of sp³-hybridized carbons (Fsp3) is 0.250. The highest BCUT2D eigenvalue weighted by Crippen LogP contribution is 2.24. The Hall–Kier alpha value is -3.76. The average Bonchev–Trinajstić information content (AvgIpc) is 2.95. The molecule has 0 bridgehead atoms. The first-order valence-corrected chi connectivity index (χ1v) is 7.50. The normalized spacial score (nSPS) is 10.2. The summed E-state index contributed by atoms with van der Waals surface area (Å²) in [6, 6.07) is 3.76. The number of methoxy groups -OCH3 is 2. The second-order valence-electron chi connectivity index (χ2n) is 5.40. The fourth-order valence-electron chi connectivity index (χ4n) is 2.33. The lowest BCUT2D eigenvalue weighted by atomic mass is 10.1. The summed E-state index contributed by atoms with van der Waals surface area (Å²) in [7, 11) is 3.78. The summed E-state index contributed by atoms with van der Waals surface area (Å²) in [5, 5.41) is 17.5. The third kappa shape index (κ3) is 3.92. The van der Waals surface area contributed by atoms with Crippen LogP contribution < -0.4 is 5.32 Å². The second-order valence-corrected chi connectivity index (χ2v) is 5.40. The Balaban J connectivity index is 2.46. The largest absolute Gasteiger partial charge is 0.465 e. The van der Waals surface area contributed by atoms with Gasteiger partial charge in [-0.05, 0) is 25.1 Å². The number of anilines is 1. The highest BCUT2D eigenvalue weighted by Gasteiger charge is 2.29. The molecule has 0 unspecified atom stereocenters. The quantitative estimate of drug-likeness (QED) is 0.469. The van der Waals surface area contributed by atoms with Crippen LogP contribution in [0.25, 0.3) is 0 Å². The van der Waals surface area contributed by atoms with Crippen LogP contribution in [0.2, 0.25) is 0 Å². The standard InChI is InChI=1S/C16H16N4O7/c1-8-13(20(24)25)12(18-19(8)2)14(21)17-11-6-9(15(22)26-3)5-10(7-11)16(23)27-4/h5-7H,1-4H3,(H,17,21). The average molecular weight is 376 g/mol. The van der Waals surface area contributed by atoms with Gasteiger partial charge in [-0.3, -0.25) is 19.6 Å². The van der Waals surface area contributed by atoms with E-state index < -0.39 is 34.2 Å². The number of aromatic nitrogens is 2. The smallest absolute Gasteiger partial charge is 0.337 e. The molecule has 0 saturated heterocycles. The summed E-state index contributed by atoms with van der Waals surface area (Å²) >= 11 is 0. The number of benzene rings is 1. The summed E-state index contributed by atoms with van der Waals surface area (Å²) in [6.45, 7) is 1.45. The number of aryl methyl sites for hydroxylation is 1. The maximum absolute atomic E-state index is 12.5. The summed E-state index contributed by atoms with van der Waals surface area (Å²) in [5.41, 5.74) is -0.621. The number of esters is 2. The van der Waals surface area contributed by atoms with E-state index in [-0.39, 0.29) is 22.5 Å². The van der Waals surface area contributed by atoms with Gasteiger partial charge >= 0.3 is 17.6 Å². The van der Waals surface area contributed by atoms with Gasteiger partial charge in [-0.1, -0.05) is 0 Å². The molecule has 11 heteroatoms. The van der Waals surface area contributed by atoms with E-state index in [2.05, 4.69) is 19.9 Å². The molecule has 0 saturated carbocycles. The van der Waals surface area contributed by atoms with Crippen molar-refractivity contribution >= 4 is 29.2 Å². The van der Waals surface area contributed by atoms with Gasteiger partial charge in [0.2, 0.25) is 5.69 Å². The van der Waals surface area contributed by atoms with Gasteiger partial charge in [-0.25, -0.2) is 9.59 Å². The summed E-state index contributed by atoms with van der Waals surface area (Å²) in [6.07, 6.45) is 0. The molecule has 27 heavy (non-hydrogen) atoms. The third-order valence-corrected chi connectivity index (χ3v) is 3.73. The van der Waals surface area contributed by atoms with E-state index in [1.165, 1.54) is 36.9 Å². The minimum Gasteiger partial charge on any atom is -0.465 e. The van der Waals surface area contributed by atoms with Gasteiger partial charge in [-0.2, -0.15) is 5.10 Å². The van der Waals surface area contributed by atoms with Crippen LogP contribution in [0, 0.1) is 17.0 Å². The first kappa shape index (κ1) is 19.6. The Bertz CT molecular complexity index is 914. The Morgan fingerprint density at radius 2 is 1.63 bits per heavy atom. The number of hydrogen-bond acceptors (Lipinski definition) is 8. The van der Waals surface area contributed by atoms with E-state index in [0.717, 1.165) is 14.2 Å². The van der Waals surface area contributed by atoms with E-state index in [0.29, 0.717) is 0 Å². The Morgan fingerprint density at radius 1 is 1.11 bits per heavy atom. The number of rotatable bonds is 5. The molecule has 0 atom stereocenters. The van der Waals surface area contributed by atoms with Crippen LogP contribution in [0.15, 0.2) is 18.2 Å². The van der Waals surface area contributed by atoms with Gasteiger partial charge in [0.05, 0.1) is 30.3 Å². The molecular weight excluding hydrogens is 360 g/mol. The third-order valence-electron chi connectivity index (χ3n) is 3.73. The first-order valence-electron chi connectivity index (χ1n) is 7.50. The first-order chi connectivity index (χ1) is 12.7. The predicted octanol–water partition coefficient (Wildman–Crippen LogP) is 1.46. The molecule has 1 aromatic heterocycles. The van der Waals surface area contributed by atoms with E-state index in [1.54, 1.807) is 0 Å². The Morgan fingerprint density at radius 3 is 2.07 bits per heavy atom.